The second-order valence-electron chi connectivity index (χ2n) is 7.10. The van der Waals surface area contributed by atoms with Gasteiger partial charge < -0.3 is 10.5 Å². The van der Waals surface area contributed by atoms with Crippen LogP contribution in [0.1, 0.15) is 66.2 Å². The van der Waals surface area contributed by atoms with Crippen molar-refractivity contribution in [1.29, 1.82) is 0 Å². The molecule has 3 nitrogen and oxygen atoms in total. The van der Waals surface area contributed by atoms with Crippen LogP contribution in [0.25, 0.3) is 0 Å². The summed E-state index contributed by atoms with van der Waals surface area (Å²) < 4.78 is 5.51. The summed E-state index contributed by atoms with van der Waals surface area (Å²) in [6.45, 7) is 8.68. The van der Waals surface area contributed by atoms with Gasteiger partial charge in [0.15, 0.2) is 0 Å². The van der Waals surface area contributed by atoms with Crippen LogP contribution in [0, 0.1) is 11.3 Å². The van der Waals surface area contributed by atoms with E-state index in [1.54, 1.807) is 0 Å². The van der Waals surface area contributed by atoms with Gasteiger partial charge in [0.2, 0.25) is 0 Å². The van der Waals surface area contributed by atoms with Crippen molar-refractivity contribution in [1.82, 2.24) is 0 Å². The van der Waals surface area contributed by atoms with Crippen LogP contribution in [0.15, 0.2) is 0 Å². The van der Waals surface area contributed by atoms with Gasteiger partial charge >= 0.3 is 5.97 Å². The van der Waals surface area contributed by atoms with Crippen LogP contribution in [0.2, 0.25) is 0 Å². The van der Waals surface area contributed by atoms with Gasteiger partial charge in [-0.2, -0.15) is 0 Å². The van der Waals surface area contributed by atoms with Crippen molar-refractivity contribution in [3.8, 4) is 0 Å². The first-order chi connectivity index (χ1) is 8.26. The van der Waals surface area contributed by atoms with Crippen LogP contribution < -0.4 is 5.73 Å². The van der Waals surface area contributed by atoms with Gasteiger partial charge in [-0.1, -0.05) is 27.7 Å². The molecule has 0 aromatic rings. The summed E-state index contributed by atoms with van der Waals surface area (Å²) in [5, 5.41) is 0. The highest BCUT2D eigenvalue weighted by Gasteiger charge is 2.23. The summed E-state index contributed by atoms with van der Waals surface area (Å²) in [4.78, 5) is 11.8. The molecule has 106 valence electrons. The predicted molar refractivity (Wildman–Crippen MR) is 74.2 cm³/mol. The van der Waals surface area contributed by atoms with Crippen LogP contribution >= 0.6 is 0 Å². The zero-order valence-corrected chi connectivity index (χ0v) is 12.4. The highest BCUT2D eigenvalue weighted by Crippen LogP contribution is 2.26. The molecule has 1 fully saturated rings. The molecule has 0 radical (unpaired) electrons. The van der Waals surface area contributed by atoms with Crippen molar-refractivity contribution in [2.24, 2.45) is 17.1 Å². The van der Waals surface area contributed by atoms with E-state index >= 15 is 0 Å². The molecule has 1 aliphatic carbocycles. The molecule has 2 N–H and O–H groups in total. The fourth-order valence-electron chi connectivity index (χ4n) is 2.65. The van der Waals surface area contributed by atoms with Crippen molar-refractivity contribution in [2.75, 3.05) is 0 Å². The minimum absolute atomic E-state index is 0.0833. The van der Waals surface area contributed by atoms with E-state index in [1.807, 2.05) is 0 Å². The second-order valence-corrected chi connectivity index (χ2v) is 7.10. The summed E-state index contributed by atoms with van der Waals surface area (Å²) in [5.74, 6) is 0.661. The molecule has 0 amide bonds. The summed E-state index contributed by atoms with van der Waals surface area (Å²) >= 11 is 0. The van der Waals surface area contributed by atoms with Crippen LogP contribution in [-0.4, -0.2) is 18.1 Å². The first kappa shape index (κ1) is 15.5. The zero-order chi connectivity index (χ0) is 13.8. The van der Waals surface area contributed by atoms with Crippen molar-refractivity contribution in [3.05, 3.63) is 0 Å². The Bertz CT molecular complexity index is 262. The third-order valence-corrected chi connectivity index (χ3v) is 3.56. The maximum absolute atomic E-state index is 11.8. The standard InChI is InChI=1S/C15H29NO2/c1-11-5-7-13(8-6-11)18-14(17)9-12(16)10-15(2,3)4/h11-13H,5-10,16H2,1-4H3. The Morgan fingerprint density at radius 2 is 1.83 bits per heavy atom. The van der Waals surface area contributed by atoms with Gasteiger partial charge in [0.05, 0.1) is 6.42 Å². The Hall–Kier alpha value is -0.570. The lowest BCUT2D eigenvalue weighted by Crippen LogP contribution is -2.31. The third-order valence-electron chi connectivity index (χ3n) is 3.56. The van der Waals surface area contributed by atoms with E-state index in [2.05, 4.69) is 27.7 Å². The molecule has 1 atom stereocenters. The van der Waals surface area contributed by atoms with Crippen molar-refractivity contribution in [2.45, 2.75) is 78.4 Å². The molecule has 0 aromatic carbocycles. The molecule has 0 spiro atoms. The van der Waals surface area contributed by atoms with Gasteiger partial charge in [-0.05, 0) is 43.4 Å². The fourth-order valence-corrected chi connectivity index (χ4v) is 2.65. The number of carbonyl (C=O) groups excluding carboxylic acids is 1. The molecular formula is C15H29NO2. The fraction of sp³-hybridized carbons (Fsp3) is 0.933. The molecular weight excluding hydrogens is 226 g/mol. The first-order valence-corrected chi connectivity index (χ1v) is 7.21. The van der Waals surface area contributed by atoms with Crippen LogP contribution in [0.4, 0.5) is 0 Å². The maximum Gasteiger partial charge on any atom is 0.307 e. The Kier molecular flexibility index (Phi) is 5.64. The predicted octanol–water partition coefficient (Wildman–Crippen LogP) is 3.26. The van der Waals surface area contributed by atoms with E-state index in [9.17, 15) is 4.79 Å². The van der Waals surface area contributed by atoms with Crippen LogP contribution in [0.5, 0.6) is 0 Å². The number of rotatable bonds is 4. The molecule has 0 saturated heterocycles. The van der Waals surface area contributed by atoms with Gasteiger partial charge in [-0.15, -0.1) is 0 Å². The maximum atomic E-state index is 11.8. The topological polar surface area (TPSA) is 52.3 Å². The molecule has 0 heterocycles. The average molecular weight is 255 g/mol. The molecule has 3 heteroatoms. The summed E-state index contributed by atoms with van der Waals surface area (Å²) in [7, 11) is 0. The van der Waals surface area contributed by atoms with Crippen molar-refractivity contribution >= 4 is 5.97 Å². The van der Waals surface area contributed by atoms with E-state index in [-0.39, 0.29) is 23.5 Å². The third kappa shape index (κ3) is 6.39. The minimum atomic E-state index is -0.119. The second kappa shape index (κ2) is 6.55. The van der Waals surface area contributed by atoms with Gasteiger partial charge in [0.1, 0.15) is 6.10 Å². The molecule has 18 heavy (non-hydrogen) atoms. The zero-order valence-electron chi connectivity index (χ0n) is 12.4. The van der Waals surface area contributed by atoms with Crippen LogP contribution in [0.3, 0.4) is 0 Å². The lowest BCUT2D eigenvalue weighted by molar-refractivity contribution is -0.151. The Morgan fingerprint density at radius 1 is 1.28 bits per heavy atom. The number of esters is 1. The minimum Gasteiger partial charge on any atom is -0.462 e. The van der Waals surface area contributed by atoms with Crippen LogP contribution in [-0.2, 0) is 9.53 Å². The van der Waals surface area contributed by atoms with E-state index in [4.69, 9.17) is 10.5 Å². The number of nitrogens with two attached hydrogens (primary N) is 1. The summed E-state index contributed by atoms with van der Waals surface area (Å²) in [5.41, 5.74) is 6.15. The molecule has 1 aliphatic rings. The smallest absolute Gasteiger partial charge is 0.307 e. The molecule has 0 aliphatic heterocycles. The lowest BCUT2D eigenvalue weighted by atomic mass is 9.87. The molecule has 1 unspecified atom stereocenters. The van der Waals surface area contributed by atoms with Gasteiger partial charge in [0, 0.05) is 6.04 Å². The number of hydrogen-bond donors (Lipinski definition) is 1. The van der Waals surface area contributed by atoms with Gasteiger partial charge in [-0.25, -0.2) is 0 Å². The van der Waals surface area contributed by atoms with E-state index in [0.717, 1.165) is 25.2 Å². The Balaban J connectivity index is 2.25. The van der Waals surface area contributed by atoms with Crippen molar-refractivity contribution < 1.29 is 9.53 Å². The lowest BCUT2D eigenvalue weighted by Gasteiger charge is -2.27. The number of hydrogen-bond acceptors (Lipinski definition) is 3. The average Bonchev–Trinajstić information content (AvgIpc) is 2.18. The number of carbonyl (C=O) groups is 1. The van der Waals surface area contributed by atoms with Gasteiger partial charge in [0.25, 0.3) is 0 Å². The SMILES string of the molecule is CC1CCC(OC(=O)CC(N)CC(C)(C)C)CC1. The van der Waals surface area contributed by atoms with E-state index in [1.165, 1.54) is 12.8 Å². The Morgan fingerprint density at radius 3 is 2.33 bits per heavy atom. The van der Waals surface area contributed by atoms with E-state index in [0.29, 0.717) is 6.42 Å². The van der Waals surface area contributed by atoms with E-state index < -0.39 is 0 Å². The molecule has 1 saturated carbocycles. The van der Waals surface area contributed by atoms with Crippen molar-refractivity contribution in [3.63, 3.8) is 0 Å². The number of ether oxygens (including phenoxy) is 1. The van der Waals surface area contributed by atoms with Gasteiger partial charge in [-0.3, -0.25) is 4.79 Å². The highest BCUT2D eigenvalue weighted by atomic mass is 16.5. The largest absolute Gasteiger partial charge is 0.462 e. The first-order valence-electron chi connectivity index (χ1n) is 7.21. The summed E-state index contributed by atoms with van der Waals surface area (Å²) in [6.07, 6.45) is 5.71. The summed E-state index contributed by atoms with van der Waals surface area (Å²) in [6, 6.07) is -0.0833. The Labute approximate surface area is 111 Å². The molecule has 0 bridgehead atoms. The molecule has 0 aromatic heterocycles. The normalized spacial score (nSPS) is 26.7. The highest BCUT2D eigenvalue weighted by molar-refractivity contribution is 5.70. The monoisotopic (exact) mass is 255 g/mol. The quantitative estimate of drug-likeness (QED) is 0.784. The molecule has 1 rings (SSSR count).